The molecule has 0 aliphatic heterocycles. The Morgan fingerprint density at radius 1 is 0.870 bits per heavy atom. The molecule has 0 aromatic heterocycles. The van der Waals surface area contributed by atoms with Crippen molar-refractivity contribution in [2.45, 2.75) is 0 Å². The zero-order valence-corrected chi connectivity index (χ0v) is 12.2. The number of benzene rings is 2. The van der Waals surface area contributed by atoms with Gasteiger partial charge in [-0.3, -0.25) is 14.4 Å². The summed E-state index contributed by atoms with van der Waals surface area (Å²) in [6, 6.07) is 16.8. The molecule has 0 fully saturated rings. The maximum absolute atomic E-state index is 11.8. The lowest BCUT2D eigenvalue weighted by Gasteiger charge is -2.03. The Morgan fingerprint density at radius 3 is 1.96 bits per heavy atom. The van der Waals surface area contributed by atoms with Gasteiger partial charge in [-0.1, -0.05) is 60.7 Å². The largest absolute Gasteiger partial charge is 0.507 e. The molecule has 0 radical (unpaired) electrons. The van der Waals surface area contributed by atoms with Crippen molar-refractivity contribution in [3.8, 4) is 0 Å². The van der Waals surface area contributed by atoms with Crippen LogP contribution in [0.2, 0.25) is 0 Å². The Labute approximate surface area is 133 Å². The Kier molecular flexibility index (Phi) is 5.41. The van der Waals surface area contributed by atoms with Gasteiger partial charge in [0.05, 0.1) is 6.54 Å². The zero-order chi connectivity index (χ0) is 16.7. The molecule has 23 heavy (non-hydrogen) atoms. The summed E-state index contributed by atoms with van der Waals surface area (Å²) in [4.78, 5) is 35.2. The van der Waals surface area contributed by atoms with Crippen LogP contribution in [0.25, 0.3) is 5.76 Å². The van der Waals surface area contributed by atoms with Crippen LogP contribution in [0, 0.1) is 0 Å². The van der Waals surface area contributed by atoms with Crippen LogP contribution in [0.1, 0.15) is 15.9 Å². The van der Waals surface area contributed by atoms with E-state index < -0.39 is 11.7 Å². The van der Waals surface area contributed by atoms with E-state index in [0.717, 1.165) is 6.08 Å². The second kappa shape index (κ2) is 7.70. The normalized spacial score (nSPS) is 10.9. The van der Waals surface area contributed by atoms with Crippen LogP contribution < -0.4 is 5.32 Å². The molecule has 116 valence electrons. The minimum absolute atomic E-state index is 0.283. The lowest BCUT2D eigenvalue weighted by molar-refractivity contribution is -0.135. The molecule has 0 aliphatic rings. The molecule has 0 aliphatic carbocycles. The van der Waals surface area contributed by atoms with Gasteiger partial charge in [-0.05, 0) is 0 Å². The van der Waals surface area contributed by atoms with Crippen LogP contribution in [-0.2, 0) is 9.59 Å². The second-order valence-corrected chi connectivity index (χ2v) is 4.73. The van der Waals surface area contributed by atoms with Crippen molar-refractivity contribution in [3.63, 3.8) is 0 Å². The Hall–Kier alpha value is -3.21. The number of rotatable bonds is 6. The molecule has 0 saturated heterocycles. The summed E-state index contributed by atoms with van der Waals surface area (Å²) in [6.45, 7) is -0.283. The third-order valence-corrected chi connectivity index (χ3v) is 3.07. The topological polar surface area (TPSA) is 83.5 Å². The first kappa shape index (κ1) is 16.2. The summed E-state index contributed by atoms with van der Waals surface area (Å²) >= 11 is 0. The van der Waals surface area contributed by atoms with Crippen molar-refractivity contribution in [3.05, 3.63) is 77.9 Å². The van der Waals surface area contributed by atoms with Crippen molar-refractivity contribution in [2.75, 3.05) is 6.54 Å². The maximum Gasteiger partial charge on any atom is 0.292 e. The molecule has 0 spiro atoms. The molecule has 5 heteroatoms. The monoisotopic (exact) mass is 309 g/mol. The van der Waals surface area contributed by atoms with Crippen molar-refractivity contribution in [2.24, 2.45) is 0 Å². The predicted octanol–water partition coefficient (Wildman–Crippen LogP) is 2.15. The molecule has 2 aromatic rings. The van der Waals surface area contributed by atoms with Gasteiger partial charge in [0.2, 0.25) is 5.78 Å². The summed E-state index contributed by atoms with van der Waals surface area (Å²) in [7, 11) is 0. The molecule has 0 atom stereocenters. The smallest absolute Gasteiger partial charge is 0.292 e. The van der Waals surface area contributed by atoms with Gasteiger partial charge < -0.3 is 10.4 Å². The highest BCUT2D eigenvalue weighted by molar-refractivity contribution is 6.41. The Balaban J connectivity index is 1.93. The molecule has 1 amide bonds. The van der Waals surface area contributed by atoms with Gasteiger partial charge in [-0.2, -0.15) is 0 Å². The number of ketones is 2. The zero-order valence-electron chi connectivity index (χ0n) is 12.2. The molecule has 0 saturated carbocycles. The van der Waals surface area contributed by atoms with Gasteiger partial charge in [0.25, 0.3) is 5.91 Å². The first-order valence-corrected chi connectivity index (χ1v) is 6.94. The highest BCUT2D eigenvalue weighted by Gasteiger charge is 2.14. The second-order valence-electron chi connectivity index (χ2n) is 4.73. The third kappa shape index (κ3) is 4.64. The molecule has 2 rings (SSSR count). The van der Waals surface area contributed by atoms with Gasteiger partial charge in [0.1, 0.15) is 5.76 Å². The SMILES string of the molecule is O=C(/C=C(\O)c1ccccc1)C(=O)NCC(=O)c1ccccc1. The minimum atomic E-state index is -0.947. The van der Waals surface area contributed by atoms with Gasteiger partial charge in [0, 0.05) is 17.2 Å². The number of Topliss-reactive ketones (excluding diaryl/α,β-unsaturated/α-hetero) is 1. The molecule has 2 N–H and O–H groups in total. The molecule has 0 heterocycles. The van der Waals surface area contributed by atoms with Crippen LogP contribution in [0.4, 0.5) is 0 Å². The number of hydrogen-bond acceptors (Lipinski definition) is 4. The van der Waals surface area contributed by atoms with Gasteiger partial charge in [-0.25, -0.2) is 0 Å². The van der Waals surface area contributed by atoms with Crippen molar-refractivity contribution < 1.29 is 19.5 Å². The number of carbonyl (C=O) groups is 3. The van der Waals surface area contributed by atoms with E-state index in [9.17, 15) is 19.5 Å². The fourth-order valence-electron chi connectivity index (χ4n) is 1.86. The molecular weight excluding hydrogens is 294 g/mol. The summed E-state index contributed by atoms with van der Waals surface area (Å²) in [5, 5.41) is 12.0. The third-order valence-electron chi connectivity index (χ3n) is 3.07. The van der Waals surface area contributed by atoms with E-state index in [4.69, 9.17) is 0 Å². The number of aliphatic hydroxyl groups is 1. The highest BCUT2D eigenvalue weighted by atomic mass is 16.3. The number of nitrogens with one attached hydrogen (secondary N) is 1. The quantitative estimate of drug-likeness (QED) is 0.371. The number of carbonyl (C=O) groups excluding carboxylic acids is 3. The minimum Gasteiger partial charge on any atom is -0.507 e. The predicted molar refractivity (Wildman–Crippen MR) is 85.8 cm³/mol. The summed E-state index contributed by atoms with van der Waals surface area (Å²) in [5.74, 6) is -2.48. The molecule has 2 aromatic carbocycles. The van der Waals surface area contributed by atoms with Crippen LogP contribution >= 0.6 is 0 Å². The van der Waals surface area contributed by atoms with E-state index in [1.54, 1.807) is 60.7 Å². The molecule has 5 nitrogen and oxygen atoms in total. The van der Waals surface area contributed by atoms with E-state index in [1.165, 1.54) is 0 Å². The standard InChI is InChI=1S/C18H15NO4/c20-15(13-7-3-1-4-8-13)11-16(21)18(23)19-12-17(22)14-9-5-2-6-10-14/h1-11,20H,12H2,(H,19,23)/b15-11-. The first-order chi connectivity index (χ1) is 11.1. The van der Waals surface area contributed by atoms with E-state index in [2.05, 4.69) is 5.32 Å². The molecular formula is C18H15NO4. The van der Waals surface area contributed by atoms with Crippen LogP contribution in [-0.4, -0.2) is 29.1 Å². The fourth-order valence-corrected chi connectivity index (χ4v) is 1.86. The van der Waals surface area contributed by atoms with Crippen LogP contribution in [0.15, 0.2) is 66.7 Å². The van der Waals surface area contributed by atoms with Gasteiger partial charge >= 0.3 is 0 Å². The van der Waals surface area contributed by atoms with E-state index in [1.807, 2.05) is 0 Å². The Morgan fingerprint density at radius 2 is 1.39 bits per heavy atom. The average Bonchev–Trinajstić information content (AvgIpc) is 2.60. The van der Waals surface area contributed by atoms with Gasteiger partial charge in [-0.15, -0.1) is 0 Å². The summed E-state index contributed by atoms with van der Waals surface area (Å²) < 4.78 is 0. The molecule has 0 unspecified atom stereocenters. The van der Waals surface area contributed by atoms with Crippen LogP contribution in [0.3, 0.4) is 0 Å². The van der Waals surface area contributed by atoms with Crippen molar-refractivity contribution >= 4 is 23.2 Å². The lowest BCUT2D eigenvalue weighted by atomic mass is 10.1. The fraction of sp³-hybridized carbons (Fsp3) is 0.0556. The van der Waals surface area contributed by atoms with Crippen molar-refractivity contribution in [1.29, 1.82) is 0 Å². The number of aliphatic hydroxyl groups excluding tert-OH is 1. The summed E-state index contributed by atoms with van der Waals surface area (Å²) in [5.41, 5.74) is 0.872. The van der Waals surface area contributed by atoms with E-state index in [-0.39, 0.29) is 18.1 Å². The van der Waals surface area contributed by atoms with Crippen molar-refractivity contribution in [1.82, 2.24) is 5.32 Å². The Bertz CT molecular complexity index is 736. The molecule has 0 bridgehead atoms. The number of amides is 1. The van der Waals surface area contributed by atoms with E-state index in [0.29, 0.717) is 11.1 Å². The average molecular weight is 309 g/mol. The highest BCUT2D eigenvalue weighted by Crippen LogP contribution is 2.09. The maximum atomic E-state index is 11.8. The first-order valence-electron chi connectivity index (χ1n) is 6.94. The van der Waals surface area contributed by atoms with Gasteiger partial charge in [0.15, 0.2) is 5.78 Å². The van der Waals surface area contributed by atoms with Crippen LogP contribution in [0.5, 0.6) is 0 Å². The lowest BCUT2D eigenvalue weighted by Crippen LogP contribution is -2.34. The number of hydrogen-bond donors (Lipinski definition) is 2. The summed E-state index contributed by atoms with van der Waals surface area (Å²) in [6.07, 6.45) is 0.831. The van der Waals surface area contributed by atoms with E-state index >= 15 is 0 Å².